The first-order valence-corrected chi connectivity index (χ1v) is 13.6. The molecule has 1 aliphatic rings. The van der Waals surface area contributed by atoms with E-state index in [4.69, 9.17) is 11.6 Å². The van der Waals surface area contributed by atoms with Crippen LogP contribution in [0.4, 0.5) is 10.1 Å². The normalized spacial score (nSPS) is 20.2. The molecule has 4 rings (SSSR count). The van der Waals surface area contributed by atoms with Crippen LogP contribution < -0.4 is 10.0 Å². The zero-order valence-electron chi connectivity index (χ0n) is 19.1. The lowest BCUT2D eigenvalue weighted by atomic mass is 9.76. The van der Waals surface area contributed by atoms with Crippen molar-refractivity contribution in [1.29, 1.82) is 0 Å². The molecule has 0 radical (unpaired) electrons. The maximum atomic E-state index is 13.9. The number of nitrogens with zero attached hydrogens (tertiary/aromatic N) is 2. The third-order valence-electron chi connectivity index (χ3n) is 6.35. The van der Waals surface area contributed by atoms with Crippen molar-refractivity contribution in [2.24, 2.45) is 10.9 Å². The summed E-state index contributed by atoms with van der Waals surface area (Å²) >= 11 is 5.94. The number of halogens is 2. The van der Waals surface area contributed by atoms with Gasteiger partial charge in [-0.1, -0.05) is 11.6 Å². The molecule has 1 fully saturated rings. The summed E-state index contributed by atoms with van der Waals surface area (Å²) in [5, 5.41) is 4.52. The van der Waals surface area contributed by atoms with Gasteiger partial charge in [0.1, 0.15) is 5.82 Å². The van der Waals surface area contributed by atoms with Gasteiger partial charge in [0, 0.05) is 22.3 Å². The van der Waals surface area contributed by atoms with Crippen LogP contribution in [-0.2, 0) is 10.0 Å². The van der Waals surface area contributed by atoms with E-state index in [-0.39, 0.29) is 17.8 Å². The molecule has 9 heteroatoms. The van der Waals surface area contributed by atoms with Gasteiger partial charge in [-0.05, 0) is 98.5 Å². The van der Waals surface area contributed by atoms with Crippen molar-refractivity contribution in [3.63, 3.8) is 0 Å². The minimum atomic E-state index is -3.50. The molecule has 1 aromatic heterocycles. The summed E-state index contributed by atoms with van der Waals surface area (Å²) < 4.78 is 40.1. The van der Waals surface area contributed by atoms with Gasteiger partial charge in [-0.15, -0.1) is 0 Å². The predicted molar refractivity (Wildman–Crippen MR) is 136 cm³/mol. The van der Waals surface area contributed by atoms with Gasteiger partial charge in [0.15, 0.2) is 0 Å². The number of aliphatic imine (C=N–C) groups is 1. The van der Waals surface area contributed by atoms with Crippen LogP contribution in [0.25, 0.3) is 10.9 Å². The highest BCUT2D eigenvalue weighted by atomic mass is 35.5. The van der Waals surface area contributed by atoms with Crippen molar-refractivity contribution in [2.45, 2.75) is 44.6 Å². The monoisotopic (exact) mass is 502 g/mol. The van der Waals surface area contributed by atoms with Gasteiger partial charge in [-0.3, -0.25) is 9.71 Å². The number of anilines is 1. The highest BCUT2D eigenvalue weighted by molar-refractivity contribution is 7.89. The first-order valence-electron chi connectivity index (χ1n) is 11.3. The Morgan fingerprint density at radius 3 is 2.50 bits per heavy atom. The summed E-state index contributed by atoms with van der Waals surface area (Å²) in [6.07, 6.45) is 6.70. The minimum Gasteiger partial charge on any atom is -0.326 e. The first kappa shape index (κ1) is 24.4. The molecule has 1 unspecified atom stereocenters. The van der Waals surface area contributed by atoms with E-state index in [1.807, 2.05) is 13.0 Å². The van der Waals surface area contributed by atoms with Crippen LogP contribution in [0.5, 0.6) is 0 Å². The van der Waals surface area contributed by atoms with E-state index in [2.05, 4.69) is 20.0 Å². The number of aromatic nitrogens is 1. The van der Waals surface area contributed by atoms with Gasteiger partial charge < -0.3 is 5.32 Å². The van der Waals surface area contributed by atoms with E-state index < -0.39 is 10.0 Å². The second-order valence-corrected chi connectivity index (χ2v) is 11.1. The van der Waals surface area contributed by atoms with Crippen molar-refractivity contribution < 1.29 is 12.8 Å². The predicted octanol–water partition coefficient (Wildman–Crippen LogP) is 5.71. The lowest BCUT2D eigenvalue weighted by molar-refractivity contribution is 0.293. The van der Waals surface area contributed by atoms with Crippen molar-refractivity contribution in [1.82, 2.24) is 9.71 Å². The maximum Gasteiger partial charge on any atom is 0.232 e. The molecule has 0 bridgehead atoms. The number of sulfonamides is 1. The maximum absolute atomic E-state index is 13.9. The molecule has 0 amide bonds. The summed E-state index contributed by atoms with van der Waals surface area (Å²) in [5.74, 6) is 0.581. The van der Waals surface area contributed by atoms with Crippen molar-refractivity contribution in [3.05, 3.63) is 71.1 Å². The molecule has 180 valence electrons. The molecular formula is C25H28ClFN4O2S. The molecule has 0 spiro atoms. The van der Waals surface area contributed by atoms with E-state index in [1.54, 1.807) is 42.6 Å². The van der Waals surface area contributed by atoms with Crippen LogP contribution in [0.3, 0.4) is 0 Å². The number of nitrogens with one attached hydrogen (secondary N) is 2. The molecule has 0 saturated heterocycles. The molecule has 2 N–H and O–H groups in total. The van der Waals surface area contributed by atoms with E-state index in [9.17, 15) is 12.8 Å². The Bertz CT molecular complexity index is 1290. The average Bonchev–Trinajstić information content (AvgIpc) is 2.79. The number of guanidine groups is 1. The summed E-state index contributed by atoms with van der Waals surface area (Å²) in [4.78, 5) is 9.05. The topological polar surface area (TPSA) is 83.5 Å². The van der Waals surface area contributed by atoms with E-state index in [0.29, 0.717) is 22.5 Å². The SMILES string of the molecule is CC(N=C(Nc1ccc(Cl)cc1)NS(C)(=O)=O)C1CCC(c2ccnc3ccc(F)cc23)CC1. The molecule has 1 atom stereocenters. The van der Waals surface area contributed by atoms with Gasteiger partial charge in [0.05, 0.1) is 17.8 Å². The average molecular weight is 503 g/mol. The van der Waals surface area contributed by atoms with Crippen LogP contribution in [0.1, 0.15) is 44.1 Å². The zero-order valence-corrected chi connectivity index (χ0v) is 20.7. The molecular weight excluding hydrogens is 475 g/mol. The fourth-order valence-corrected chi connectivity index (χ4v) is 5.23. The Balaban J connectivity index is 1.47. The number of benzene rings is 2. The lowest BCUT2D eigenvalue weighted by Crippen LogP contribution is -2.37. The highest BCUT2D eigenvalue weighted by Crippen LogP contribution is 2.40. The molecule has 1 heterocycles. The fourth-order valence-electron chi connectivity index (χ4n) is 4.65. The van der Waals surface area contributed by atoms with Crippen molar-refractivity contribution >= 4 is 44.2 Å². The van der Waals surface area contributed by atoms with Gasteiger partial charge in [-0.25, -0.2) is 17.8 Å². The summed E-state index contributed by atoms with van der Waals surface area (Å²) in [5.41, 5.74) is 2.64. The van der Waals surface area contributed by atoms with Crippen LogP contribution in [-0.4, -0.2) is 31.7 Å². The van der Waals surface area contributed by atoms with Gasteiger partial charge in [0.25, 0.3) is 0 Å². The number of hydrogen-bond donors (Lipinski definition) is 2. The zero-order chi connectivity index (χ0) is 24.3. The largest absolute Gasteiger partial charge is 0.326 e. The van der Waals surface area contributed by atoms with Crippen LogP contribution in [0.2, 0.25) is 5.02 Å². The fraction of sp³-hybridized carbons (Fsp3) is 0.360. The second kappa shape index (κ2) is 10.3. The third-order valence-corrected chi connectivity index (χ3v) is 7.17. The molecule has 6 nitrogen and oxygen atoms in total. The van der Waals surface area contributed by atoms with E-state index in [1.165, 1.54) is 6.07 Å². The van der Waals surface area contributed by atoms with Gasteiger partial charge in [-0.2, -0.15) is 0 Å². The molecule has 34 heavy (non-hydrogen) atoms. The number of pyridine rings is 1. The molecule has 0 aliphatic heterocycles. The summed E-state index contributed by atoms with van der Waals surface area (Å²) in [6, 6.07) is 13.6. The van der Waals surface area contributed by atoms with Crippen LogP contribution in [0, 0.1) is 11.7 Å². The second-order valence-electron chi connectivity index (χ2n) is 8.90. The third kappa shape index (κ3) is 6.24. The quantitative estimate of drug-likeness (QED) is 0.346. The Labute approximate surface area is 204 Å². The van der Waals surface area contributed by atoms with Crippen LogP contribution >= 0.6 is 11.6 Å². The van der Waals surface area contributed by atoms with Crippen molar-refractivity contribution in [3.8, 4) is 0 Å². The Kier molecular flexibility index (Phi) is 7.38. The Hall–Kier alpha value is -2.71. The lowest BCUT2D eigenvalue weighted by Gasteiger charge is -2.31. The number of hydrogen-bond acceptors (Lipinski definition) is 4. The first-order chi connectivity index (χ1) is 16.2. The standard InChI is InChI=1S/C25H28ClFN4O2S/c1-16(29-25(31-34(2,32)33)30-21-10-7-19(26)8-11-21)17-3-5-18(6-4-17)22-13-14-28-24-12-9-20(27)15-23(22)24/h7-18H,3-6H2,1-2H3,(H2,29,30,31). The molecule has 3 aromatic rings. The number of rotatable bonds is 5. The van der Waals surface area contributed by atoms with Gasteiger partial charge >= 0.3 is 0 Å². The molecule has 1 saturated carbocycles. The Morgan fingerprint density at radius 2 is 1.82 bits per heavy atom. The summed E-state index contributed by atoms with van der Waals surface area (Å²) in [7, 11) is -3.50. The van der Waals surface area contributed by atoms with E-state index in [0.717, 1.165) is 48.4 Å². The number of fused-ring (bicyclic) bond motifs is 1. The minimum absolute atomic E-state index is 0.0865. The molecule has 1 aliphatic carbocycles. The van der Waals surface area contributed by atoms with Crippen molar-refractivity contribution in [2.75, 3.05) is 11.6 Å². The molecule has 2 aromatic carbocycles. The summed E-state index contributed by atoms with van der Waals surface area (Å²) in [6.45, 7) is 2.01. The van der Waals surface area contributed by atoms with E-state index >= 15 is 0 Å². The Morgan fingerprint density at radius 1 is 1.12 bits per heavy atom. The highest BCUT2D eigenvalue weighted by Gasteiger charge is 2.27. The smallest absolute Gasteiger partial charge is 0.232 e. The van der Waals surface area contributed by atoms with Gasteiger partial charge in [0.2, 0.25) is 16.0 Å². The van der Waals surface area contributed by atoms with Crippen LogP contribution in [0.15, 0.2) is 59.7 Å².